The Kier molecular flexibility index (Phi) is 3.00. The van der Waals surface area contributed by atoms with E-state index in [2.05, 4.69) is 6.58 Å². The first-order valence-corrected chi connectivity index (χ1v) is 5.53. The topological polar surface area (TPSA) is 17.1 Å². The van der Waals surface area contributed by atoms with Gasteiger partial charge in [-0.25, -0.2) is 0 Å². The maximum absolute atomic E-state index is 12.1. The van der Waals surface area contributed by atoms with Crippen molar-refractivity contribution in [1.29, 1.82) is 0 Å². The molecule has 1 nitrogen and oxygen atoms in total. The number of ketones is 1. The lowest BCUT2D eigenvalue weighted by Gasteiger charge is -2.22. The number of rotatable bonds is 2. The summed E-state index contributed by atoms with van der Waals surface area (Å²) < 4.78 is 0. The molecule has 1 heteroatoms. The molecule has 1 saturated carbocycles. The summed E-state index contributed by atoms with van der Waals surface area (Å²) in [6.07, 6.45) is 3.99. The molecule has 1 aromatic rings. The zero-order chi connectivity index (χ0) is 10.7. The molecule has 0 aromatic heterocycles. The highest BCUT2D eigenvalue weighted by molar-refractivity contribution is 5.97. The summed E-state index contributed by atoms with van der Waals surface area (Å²) in [7, 11) is 0. The van der Waals surface area contributed by atoms with Crippen molar-refractivity contribution >= 4 is 5.78 Å². The molecule has 0 heterocycles. The summed E-state index contributed by atoms with van der Waals surface area (Å²) in [6.45, 7) is 3.97. The van der Waals surface area contributed by atoms with Gasteiger partial charge in [-0.05, 0) is 25.7 Å². The van der Waals surface area contributed by atoms with Crippen molar-refractivity contribution in [2.45, 2.75) is 25.7 Å². The summed E-state index contributed by atoms with van der Waals surface area (Å²) >= 11 is 0. The molecule has 1 aromatic carbocycles. The van der Waals surface area contributed by atoms with Crippen LogP contribution >= 0.6 is 0 Å². The van der Waals surface area contributed by atoms with Crippen LogP contribution in [0, 0.1) is 5.92 Å². The molecule has 0 spiro atoms. The van der Waals surface area contributed by atoms with E-state index >= 15 is 0 Å². The van der Waals surface area contributed by atoms with E-state index in [1.165, 1.54) is 5.57 Å². The molecule has 0 N–H and O–H groups in total. The van der Waals surface area contributed by atoms with Crippen LogP contribution < -0.4 is 0 Å². The molecule has 0 aliphatic heterocycles. The molecule has 2 rings (SSSR count). The molecule has 0 unspecified atom stereocenters. The highest BCUT2D eigenvalue weighted by Gasteiger charge is 2.23. The second kappa shape index (κ2) is 4.43. The lowest BCUT2D eigenvalue weighted by atomic mass is 9.82. The van der Waals surface area contributed by atoms with Crippen molar-refractivity contribution in [3.63, 3.8) is 0 Å². The predicted octanol–water partition coefficient (Wildman–Crippen LogP) is 3.62. The molecule has 0 atom stereocenters. The molecule has 0 bridgehead atoms. The van der Waals surface area contributed by atoms with E-state index in [4.69, 9.17) is 0 Å². The van der Waals surface area contributed by atoms with E-state index in [1.54, 1.807) is 0 Å². The third-order valence-corrected chi connectivity index (χ3v) is 3.12. The Bertz CT molecular complexity index is 354. The fraction of sp³-hybridized carbons (Fsp3) is 0.357. The molecular formula is C14H16O. The Labute approximate surface area is 90.8 Å². The molecule has 78 valence electrons. The van der Waals surface area contributed by atoms with E-state index in [9.17, 15) is 4.79 Å². The fourth-order valence-corrected chi connectivity index (χ4v) is 2.13. The van der Waals surface area contributed by atoms with E-state index in [1.807, 2.05) is 30.3 Å². The van der Waals surface area contributed by atoms with Crippen LogP contribution in [0.1, 0.15) is 36.0 Å². The quantitative estimate of drug-likeness (QED) is 0.526. The van der Waals surface area contributed by atoms with Gasteiger partial charge in [-0.15, -0.1) is 0 Å². The number of carbonyl (C=O) groups excluding carboxylic acids is 1. The van der Waals surface area contributed by atoms with Crippen molar-refractivity contribution in [3.8, 4) is 0 Å². The number of hydrogen-bond acceptors (Lipinski definition) is 1. The largest absolute Gasteiger partial charge is 0.294 e. The molecule has 0 amide bonds. The van der Waals surface area contributed by atoms with Gasteiger partial charge in [0.1, 0.15) is 0 Å². The smallest absolute Gasteiger partial charge is 0.165 e. The minimum absolute atomic E-state index is 0.220. The summed E-state index contributed by atoms with van der Waals surface area (Å²) in [5, 5.41) is 0. The van der Waals surface area contributed by atoms with Gasteiger partial charge in [-0.1, -0.05) is 42.5 Å². The molecule has 1 fully saturated rings. The summed E-state index contributed by atoms with van der Waals surface area (Å²) in [4.78, 5) is 12.1. The minimum atomic E-state index is 0.220. The fourth-order valence-electron chi connectivity index (χ4n) is 2.13. The standard InChI is InChI=1S/C14H16O/c1-11-7-9-13(10-8-11)14(15)12-5-3-2-4-6-12/h2-6,13H,1,7-10H2. The molecular weight excluding hydrogens is 184 g/mol. The Morgan fingerprint density at radius 1 is 1.13 bits per heavy atom. The zero-order valence-electron chi connectivity index (χ0n) is 8.91. The third kappa shape index (κ3) is 2.35. The molecule has 0 saturated heterocycles. The number of carbonyl (C=O) groups is 1. The van der Waals surface area contributed by atoms with E-state index in [-0.39, 0.29) is 5.92 Å². The van der Waals surface area contributed by atoms with Crippen LogP contribution in [0.5, 0.6) is 0 Å². The summed E-state index contributed by atoms with van der Waals surface area (Å²) in [5.41, 5.74) is 2.15. The highest BCUT2D eigenvalue weighted by atomic mass is 16.1. The van der Waals surface area contributed by atoms with Crippen molar-refractivity contribution in [3.05, 3.63) is 48.0 Å². The maximum Gasteiger partial charge on any atom is 0.165 e. The van der Waals surface area contributed by atoms with Gasteiger partial charge in [-0.2, -0.15) is 0 Å². The Hall–Kier alpha value is -1.37. The van der Waals surface area contributed by atoms with Crippen LogP contribution in [0.2, 0.25) is 0 Å². The molecule has 0 radical (unpaired) electrons. The number of hydrogen-bond donors (Lipinski definition) is 0. The van der Waals surface area contributed by atoms with Crippen LogP contribution in [0.4, 0.5) is 0 Å². The number of Topliss-reactive ketones (excluding diaryl/α,β-unsaturated/α-hetero) is 1. The van der Waals surface area contributed by atoms with E-state index in [0.717, 1.165) is 31.2 Å². The number of allylic oxidation sites excluding steroid dienone is 1. The van der Waals surface area contributed by atoms with Crippen LogP contribution in [0.15, 0.2) is 42.5 Å². The average molecular weight is 200 g/mol. The minimum Gasteiger partial charge on any atom is -0.294 e. The van der Waals surface area contributed by atoms with Gasteiger partial charge < -0.3 is 0 Å². The van der Waals surface area contributed by atoms with Crippen LogP contribution in [-0.2, 0) is 0 Å². The van der Waals surface area contributed by atoms with Gasteiger partial charge in [0.05, 0.1) is 0 Å². The van der Waals surface area contributed by atoms with E-state index in [0.29, 0.717) is 5.78 Å². The van der Waals surface area contributed by atoms with Crippen LogP contribution in [0.25, 0.3) is 0 Å². The van der Waals surface area contributed by atoms with Crippen molar-refractivity contribution in [2.24, 2.45) is 5.92 Å². The molecule has 15 heavy (non-hydrogen) atoms. The van der Waals surface area contributed by atoms with Gasteiger partial charge in [0, 0.05) is 11.5 Å². The first kappa shape index (κ1) is 10.2. The van der Waals surface area contributed by atoms with Crippen LogP contribution in [0.3, 0.4) is 0 Å². The van der Waals surface area contributed by atoms with E-state index < -0.39 is 0 Å². The third-order valence-electron chi connectivity index (χ3n) is 3.12. The first-order chi connectivity index (χ1) is 7.27. The normalized spacial score (nSPS) is 17.7. The Balaban J connectivity index is 2.06. The second-order valence-electron chi connectivity index (χ2n) is 4.25. The highest BCUT2D eigenvalue weighted by Crippen LogP contribution is 2.29. The van der Waals surface area contributed by atoms with Gasteiger partial charge in [0.25, 0.3) is 0 Å². The predicted molar refractivity (Wildman–Crippen MR) is 61.9 cm³/mol. The van der Waals surface area contributed by atoms with Gasteiger partial charge in [0.15, 0.2) is 5.78 Å². The number of benzene rings is 1. The molecule has 1 aliphatic rings. The average Bonchev–Trinajstić information content (AvgIpc) is 2.30. The van der Waals surface area contributed by atoms with Crippen molar-refractivity contribution in [1.82, 2.24) is 0 Å². The zero-order valence-corrected chi connectivity index (χ0v) is 8.91. The first-order valence-electron chi connectivity index (χ1n) is 5.53. The second-order valence-corrected chi connectivity index (χ2v) is 4.25. The van der Waals surface area contributed by atoms with Gasteiger partial charge >= 0.3 is 0 Å². The lowest BCUT2D eigenvalue weighted by Crippen LogP contribution is -2.18. The SMILES string of the molecule is C=C1CCC(C(=O)c2ccccc2)CC1. The lowest BCUT2D eigenvalue weighted by molar-refractivity contribution is 0.0899. The van der Waals surface area contributed by atoms with Crippen LogP contribution in [-0.4, -0.2) is 5.78 Å². The summed E-state index contributed by atoms with van der Waals surface area (Å²) in [6, 6.07) is 9.61. The van der Waals surface area contributed by atoms with Gasteiger partial charge in [0.2, 0.25) is 0 Å². The monoisotopic (exact) mass is 200 g/mol. The van der Waals surface area contributed by atoms with Crippen molar-refractivity contribution < 1.29 is 4.79 Å². The summed E-state index contributed by atoms with van der Waals surface area (Å²) in [5.74, 6) is 0.529. The van der Waals surface area contributed by atoms with Gasteiger partial charge in [-0.3, -0.25) is 4.79 Å². The van der Waals surface area contributed by atoms with Crippen molar-refractivity contribution in [2.75, 3.05) is 0 Å². The Morgan fingerprint density at radius 3 is 2.33 bits per heavy atom. The maximum atomic E-state index is 12.1. The Morgan fingerprint density at radius 2 is 1.73 bits per heavy atom. The molecule has 1 aliphatic carbocycles.